The molecule has 0 aliphatic carbocycles. The van der Waals surface area contributed by atoms with Gasteiger partial charge in [-0.2, -0.15) is 0 Å². The number of halogens is 1. The van der Waals surface area contributed by atoms with Crippen molar-refractivity contribution in [3.8, 4) is 0 Å². The largest absolute Gasteiger partial charge is 0.480 e. The van der Waals surface area contributed by atoms with Gasteiger partial charge in [-0.25, -0.2) is 8.42 Å². The molecule has 0 unspecified atom stereocenters. The molecule has 0 fully saturated rings. The molecule has 0 aliphatic rings. The fraction of sp³-hybridized carbons (Fsp3) is 0.562. The van der Waals surface area contributed by atoms with Gasteiger partial charge in [-0.3, -0.25) is 9.52 Å². The average Bonchev–Trinajstić information content (AvgIpc) is 2.50. The average molecular weight is 377 g/mol. The molecule has 24 heavy (non-hydrogen) atoms. The van der Waals surface area contributed by atoms with Gasteiger partial charge in [0.25, 0.3) is 0 Å². The molecule has 8 heteroatoms. The Morgan fingerprint density at radius 2 is 1.88 bits per heavy atom. The molecule has 0 aliphatic heterocycles. The van der Waals surface area contributed by atoms with Gasteiger partial charge in [0.05, 0.1) is 5.75 Å². The summed E-state index contributed by atoms with van der Waals surface area (Å²) in [7, 11) is -3.41. The summed E-state index contributed by atoms with van der Waals surface area (Å²) >= 11 is 5.59. The van der Waals surface area contributed by atoms with Crippen molar-refractivity contribution >= 4 is 33.3 Å². The number of benzene rings is 1. The highest BCUT2D eigenvalue weighted by Gasteiger charge is 2.14. The van der Waals surface area contributed by atoms with Gasteiger partial charge in [0, 0.05) is 11.6 Å². The van der Waals surface area contributed by atoms with E-state index in [-0.39, 0.29) is 12.2 Å². The molecule has 0 saturated heterocycles. The highest BCUT2D eigenvalue weighted by Crippen LogP contribution is 2.15. The lowest BCUT2D eigenvalue weighted by Crippen LogP contribution is -2.32. The maximum absolute atomic E-state index is 12.1. The Morgan fingerprint density at radius 1 is 1.21 bits per heavy atom. The van der Waals surface area contributed by atoms with Gasteiger partial charge in [-0.05, 0) is 37.0 Å². The summed E-state index contributed by atoms with van der Waals surface area (Å²) in [4.78, 5) is 10.8. The lowest BCUT2D eigenvalue weighted by atomic mass is 10.1. The lowest BCUT2D eigenvalue weighted by Gasteiger charge is -2.11. The molecule has 0 aromatic heterocycles. The summed E-state index contributed by atoms with van der Waals surface area (Å²) in [5.41, 5.74) is 6.59. The van der Waals surface area contributed by atoms with Crippen LogP contribution in [0.2, 0.25) is 0 Å². The van der Waals surface area contributed by atoms with E-state index in [0.717, 1.165) is 25.7 Å². The van der Waals surface area contributed by atoms with E-state index in [1.54, 1.807) is 24.3 Å². The van der Waals surface area contributed by atoms with Crippen LogP contribution >= 0.6 is 11.6 Å². The van der Waals surface area contributed by atoms with E-state index >= 15 is 0 Å². The zero-order valence-corrected chi connectivity index (χ0v) is 15.2. The van der Waals surface area contributed by atoms with Gasteiger partial charge >= 0.3 is 5.97 Å². The third kappa shape index (κ3) is 8.52. The molecule has 4 N–H and O–H groups in total. The number of carboxylic acids is 1. The summed E-state index contributed by atoms with van der Waals surface area (Å²) in [5.74, 6) is -0.385. The van der Waals surface area contributed by atoms with Crippen molar-refractivity contribution in [1.29, 1.82) is 0 Å². The molecule has 0 heterocycles. The van der Waals surface area contributed by atoms with Crippen LogP contribution in [0.15, 0.2) is 24.3 Å². The number of carboxylic acid groups (broad SMARTS) is 1. The number of hydrogen-bond acceptors (Lipinski definition) is 4. The Kier molecular flexibility index (Phi) is 9.10. The topological polar surface area (TPSA) is 109 Å². The van der Waals surface area contributed by atoms with Crippen molar-refractivity contribution in [1.82, 2.24) is 0 Å². The summed E-state index contributed by atoms with van der Waals surface area (Å²) in [6, 6.07) is 5.63. The number of unbranched alkanes of at least 4 members (excludes halogenated alkanes) is 4. The van der Waals surface area contributed by atoms with Crippen LogP contribution in [0.25, 0.3) is 0 Å². The van der Waals surface area contributed by atoms with E-state index < -0.39 is 22.0 Å². The van der Waals surface area contributed by atoms with Crippen LogP contribution in [0.5, 0.6) is 0 Å². The van der Waals surface area contributed by atoms with Gasteiger partial charge in [0.15, 0.2) is 0 Å². The second-order valence-electron chi connectivity index (χ2n) is 5.73. The summed E-state index contributed by atoms with van der Waals surface area (Å²) in [6.07, 6.45) is 4.55. The molecular formula is C16H25ClN2O4S. The number of anilines is 1. The molecule has 0 amide bonds. The number of carbonyl (C=O) groups is 1. The Hall–Kier alpha value is -1.31. The second kappa shape index (κ2) is 10.5. The number of alkyl halides is 1. The SMILES string of the molecule is N[C@@H](Cc1cccc(NS(=O)(=O)CCCCCCCCl)c1)C(=O)O. The van der Waals surface area contributed by atoms with Crippen molar-refractivity contribution in [2.45, 2.75) is 44.6 Å². The Bertz CT molecular complexity index is 622. The predicted molar refractivity (Wildman–Crippen MR) is 97.0 cm³/mol. The Balaban J connectivity index is 2.50. The maximum atomic E-state index is 12.1. The molecule has 1 atom stereocenters. The molecule has 136 valence electrons. The zero-order valence-electron chi connectivity index (χ0n) is 13.6. The van der Waals surface area contributed by atoms with E-state index in [1.807, 2.05) is 0 Å². The number of sulfonamides is 1. The number of aliphatic carboxylic acids is 1. The minimum atomic E-state index is -3.41. The molecule has 6 nitrogen and oxygen atoms in total. The predicted octanol–water partition coefficient (Wildman–Crippen LogP) is 2.57. The zero-order chi connectivity index (χ0) is 18.0. The monoisotopic (exact) mass is 376 g/mol. The minimum Gasteiger partial charge on any atom is -0.480 e. The highest BCUT2D eigenvalue weighted by molar-refractivity contribution is 7.92. The molecule has 1 rings (SSSR count). The Labute approximate surface area is 148 Å². The fourth-order valence-corrected chi connectivity index (χ4v) is 3.61. The molecule has 0 saturated carbocycles. The summed E-state index contributed by atoms with van der Waals surface area (Å²) < 4.78 is 26.7. The molecule has 0 spiro atoms. The minimum absolute atomic E-state index is 0.0622. The van der Waals surface area contributed by atoms with Crippen molar-refractivity contribution in [2.24, 2.45) is 5.73 Å². The quantitative estimate of drug-likeness (QED) is 0.383. The van der Waals surface area contributed by atoms with Crippen LogP contribution < -0.4 is 10.5 Å². The fourth-order valence-electron chi connectivity index (χ4n) is 2.25. The third-order valence-corrected chi connectivity index (χ3v) is 5.16. The van der Waals surface area contributed by atoms with Crippen LogP contribution in [-0.2, 0) is 21.2 Å². The summed E-state index contributed by atoms with van der Waals surface area (Å²) in [5, 5.41) is 8.83. The van der Waals surface area contributed by atoms with Crippen molar-refractivity contribution in [3.63, 3.8) is 0 Å². The second-order valence-corrected chi connectivity index (χ2v) is 7.95. The van der Waals surface area contributed by atoms with Crippen LogP contribution in [0.1, 0.15) is 37.7 Å². The standard InChI is InChI=1S/C16H25ClN2O4S/c17-9-4-2-1-3-5-10-24(22,23)19-14-8-6-7-13(11-14)12-15(18)16(20)21/h6-8,11,15,19H,1-5,9-10,12,18H2,(H,20,21)/t15-/m0/s1. The number of nitrogens with one attached hydrogen (secondary N) is 1. The number of nitrogens with two attached hydrogens (primary N) is 1. The van der Waals surface area contributed by atoms with Crippen molar-refractivity contribution < 1.29 is 18.3 Å². The van der Waals surface area contributed by atoms with E-state index in [4.69, 9.17) is 22.4 Å². The normalized spacial score (nSPS) is 12.8. The van der Waals surface area contributed by atoms with Gasteiger partial charge in [-0.15, -0.1) is 11.6 Å². The van der Waals surface area contributed by atoms with E-state index in [2.05, 4.69) is 4.72 Å². The number of rotatable bonds is 12. The van der Waals surface area contributed by atoms with Crippen LogP contribution in [0.4, 0.5) is 5.69 Å². The Morgan fingerprint density at radius 3 is 2.54 bits per heavy atom. The molecule has 1 aromatic carbocycles. The van der Waals surface area contributed by atoms with Crippen LogP contribution in [0.3, 0.4) is 0 Å². The third-order valence-electron chi connectivity index (χ3n) is 3.52. The van der Waals surface area contributed by atoms with Gasteiger partial charge in [-0.1, -0.05) is 31.4 Å². The molecule has 0 radical (unpaired) electrons. The molecular weight excluding hydrogens is 352 g/mol. The first-order chi connectivity index (χ1) is 11.3. The van der Waals surface area contributed by atoms with E-state index in [0.29, 0.717) is 23.6 Å². The van der Waals surface area contributed by atoms with E-state index in [9.17, 15) is 13.2 Å². The first kappa shape index (κ1) is 20.7. The van der Waals surface area contributed by atoms with Gasteiger partial charge in [0.1, 0.15) is 6.04 Å². The van der Waals surface area contributed by atoms with Crippen LogP contribution in [-0.4, -0.2) is 37.2 Å². The lowest BCUT2D eigenvalue weighted by molar-refractivity contribution is -0.138. The first-order valence-corrected chi connectivity index (χ1v) is 10.2. The molecule has 0 bridgehead atoms. The first-order valence-electron chi connectivity index (χ1n) is 7.98. The summed E-state index contributed by atoms with van der Waals surface area (Å²) in [6.45, 7) is 0. The maximum Gasteiger partial charge on any atom is 0.320 e. The number of hydrogen-bond donors (Lipinski definition) is 3. The van der Waals surface area contributed by atoms with Gasteiger partial charge in [0.2, 0.25) is 10.0 Å². The van der Waals surface area contributed by atoms with Crippen LogP contribution in [0, 0.1) is 0 Å². The van der Waals surface area contributed by atoms with E-state index in [1.165, 1.54) is 0 Å². The van der Waals surface area contributed by atoms with Crippen molar-refractivity contribution in [2.75, 3.05) is 16.4 Å². The van der Waals surface area contributed by atoms with Crippen molar-refractivity contribution in [3.05, 3.63) is 29.8 Å². The van der Waals surface area contributed by atoms with Gasteiger partial charge < -0.3 is 10.8 Å². The smallest absolute Gasteiger partial charge is 0.320 e. The highest BCUT2D eigenvalue weighted by atomic mass is 35.5. The molecule has 1 aromatic rings.